The first-order chi connectivity index (χ1) is 10.1. The molecule has 1 aromatic heterocycles. The van der Waals surface area contributed by atoms with Gasteiger partial charge in [0.2, 0.25) is 0 Å². The third kappa shape index (κ3) is 4.39. The minimum atomic E-state index is -0.111. The van der Waals surface area contributed by atoms with E-state index < -0.39 is 0 Å². The van der Waals surface area contributed by atoms with Gasteiger partial charge in [0, 0.05) is 12.7 Å². The Morgan fingerprint density at radius 3 is 2.67 bits per heavy atom. The molecule has 1 heterocycles. The quantitative estimate of drug-likeness (QED) is 0.849. The van der Waals surface area contributed by atoms with E-state index in [0.717, 1.165) is 37.2 Å². The molecule has 0 spiro atoms. The average Bonchev–Trinajstić information content (AvgIpc) is 2.76. The van der Waals surface area contributed by atoms with Gasteiger partial charge in [-0.25, -0.2) is 4.39 Å². The molecule has 2 aromatic rings. The highest BCUT2D eigenvalue weighted by Gasteiger charge is 2.15. The Hall–Kier alpha value is -1.68. The van der Waals surface area contributed by atoms with Gasteiger partial charge in [0.1, 0.15) is 5.82 Å². The van der Waals surface area contributed by atoms with Gasteiger partial charge in [-0.15, -0.1) is 0 Å². The minimum absolute atomic E-state index is 0.111. The molecule has 21 heavy (non-hydrogen) atoms. The monoisotopic (exact) mass is 289 g/mol. The summed E-state index contributed by atoms with van der Waals surface area (Å²) in [5, 5.41) is 7.77. The van der Waals surface area contributed by atoms with Crippen LogP contribution in [0.1, 0.15) is 23.9 Å². The molecule has 0 aliphatic rings. The van der Waals surface area contributed by atoms with E-state index in [-0.39, 0.29) is 5.82 Å². The number of hydrogen-bond donors (Lipinski definition) is 1. The SMILES string of the molecule is CCNCC(Cc1ccccc1F)Cc1cc(C)nn1C. The predicted molar refractivity (Wildman–Crippen MR) is 83.8 cm³/mol. The summed E-state index contributed by atoms with van der Waals surface area (Å²) in [6, 6.07) is 9.16. The highest BCUT2D eigenvalue weighted by molar-refractivity contribution is 5.19. The summed E-state index contributed by atoms with van der Waals surface area (Å²) >= 11 is 0. The van der Waals surface area contributed by atoms with E-state index in [9.17, 15) is 4.39 Å². The van der Waals surface area contributed by atoms with Crippen LogP contribution in [0.5, 0.6) is 0 Å². The molecule has 1 aromatic carbocycles. The van der Waals surface area contributed by atoms with Crippen molar-refractivity contribution in [3.8, 4) is 0 Å². The number of nitrogens with zero attached hydrogens (tertiary/aromatic N) is 2. The topological polar surface area (TPSA) is 29.9 Å². The van der Waals surface area contributed by atoms with Crippen molar-refractivity contribution >= 4 is 0 Å². The predicted octanol–water partition coefficient (Wildman–Crippen LogP) is 2.88. The fraction of sp³-hybridized carbons (Fsp3) is 0.471. The van der Waals surface area contributed by atoms with Gasteiger partial charge < -0.3 is 5.32 Å². The number of rotatable bonds is 7. The minimum Gasteiger partial charge on any atom is -0.317 e. The second-order valence-corrected chi connectivity index (χ2v) is 5.57. The standard InChI is InChI=1S/C17H24FN3/c1-4-19-12-14(10-15-7-5-6-8-17(15)18)11-16-9-13(2)20-21(16)3/h5-9,14,19H,4,10-12H2,1-3H3. The Kier molecular flexibility index (Phi) is 5.51. The summed E-state index contributed by atoms with van der Waals surface area (Å²) in [7, 11) is 1.97. The Bertz CT molecular complexity index is 577. The molecule has 0 radical (unpaired) electrons. The highest BCUT2D eigenvalue weighted by Crippen LogP contribution is 2.17. The van der Waals surface area contributed by atoms with Crippen molar-refractivity contribution in [3.05, 3.63) is 53.1 Å². The molecule has 0 aliphatic heterocycles. The van der Waals surface area contributed by atoms with E-state index in [1.54, 1.807) is 6.07 Å². The highest BCUT2D eigenvalue weighted by atomic mass is 19.1. The molecule has 0 aliphatic carbocycles. The van der Waals surface area contributed by atoms with Crippen molar-refractivity contribution in [2.24, 2.45) is 13.0 Å². The van der Waals surface area contributed by atoms with Gasteiger partial charge in [0.25, 0.3) is 0 Å². The first-order valence-corrected chi connectivity index (χ1v) is 7.53. The Balaban J connectivity index is 2.11. The molecule has 0 fully saturated rings. The molecule has 0 amide bonds. The number of hydrogen-bond acceptors (Lipinski definition) is 2. The number of halogens is 1. The molecule has 0 saturated heterocycles. The number of aromatic nitrogens is 2. The number of benzene rings is 1. The van der Waals surface area contributed by atoms with E-state index in [1.165, 1.54) is 11.8 Å². The van der Waals surface area contributed by atoms with Gasteiger partial charge >= 0.3 is 0 Å². The maximum Gasteiger partial charge on any atom is 0.126 e. The third-order valence-electron chi connectivity index (χ3n) is 3.75. The second kappa shape index (κ2) is 7.36. The van der Waals surface area contributed by atoms with E-state index in [1.807, 2.05) is 30.8 Å². The van der Waals surface area contributed by atoms with Gasteiger partial charge in [-0.05, 0) is 56.5 Å². The molecule has 0 saturated carbocycles. The summed E-state index contributed by atoms with van der Waals surface area (Å²) in [5.41, 5.74) is 3.02. The lowest BCUT2D eigenvalue weighted by Crippen LogP contribution is -2.26. The summed E-state index contributed by atoms with van der Waals surface area (Å²) in [5.74, 6) is 0.247. The van der Waals surface area contributed by atoms with Crippen LogP contribution in [0.3, 0.4) is 0 Å². The van der Waals surface area contributed by atoms with Crippen LogP contribution in [0.2, 0.25) is 0 Å². The fourth-order valence-corrected chi connectivity index (χ4v) is 2.69. The number of nitrogens with one attached hydrogen (secondary N) is 1. The molecule has 1 N–H and O–H groups in total. The summed E-state index contributed by atoms with van der Waals surface area (Å²) < 4.78 is 15.8. The molecule has 0 bridgehead atoms. The van der Waals surface area contributed by atoms with Crippen LogP contribution in [-0.2, 0) is 19.9 Å². The molecule has 2 rings (SSSR count). The maximum atomic E-state index is 13.9. The molecule has 3 nitrogen and oxygen atoms in total. The number of aryl methyl sites for hydroxylation is 2. The zero-order valence-electron chi connectivity index (χ0n) is 13.1. The van der Waals surface area contributed by atoms with Gasteiger partial charge in [0.05, 0.1) is 5.69 Å². The van der Waals surface area contributed by atoms with Gasteiger partial charge in [-0.3, -0.25) is 4.68 Å². The molecule has 1 atom stereocenters. The first kappa shape index (κ1) is 15.7. The zero-order chi connectivity index (χ0) is 15.2. The largest absolute Gasteiger partial charge is 0.317 e. The first-order valence-electron chi connectivity index (χ1n) is 7.53. The third-order valence-corrected chi connectivity index (χ3v) is 3.75. The van der Waals surface area contributed by atoms with Crippen molar-refractivity contribution in [3.63, 3.8) is 0 Å². The lowest BCUT2D eigenvalue weighted by molar-refractivity contribution is 0.455. The van der Waals surface area contributed by atoms with Crippen molar-refractivity contribution < 1.29 is 4.39 Å². The van der Waals surface area contributed by atoms with Gasteiger partial charge in [-0.1, -0.05) is 25.1 Å². The Labute approximate surface area is 126 Å². The van der Waals surface area contributed by atoms with E-state index in [0.29, 0.717) is 5.92 Å². The van der Waals surface area contributed by atoms with Crippen molar-refractivity contribution in [2.75, 3.05) is 13.1 Å². The van der Waals surface area contributed by atoms with Crippen LogP contribution in [0.25, 0.3) is 0 Å². The Morgan fingerprint density at radius 1 is 1.29 bits per heavy atom. The van der Waals surface area contributed by atoms with Crippen LogP contribution < -0.4 is 5.32 Å². The zero-order valence-corrected chi connectivity index (χ0v) is 13.1. The Morgan fingerprint density at radius 2 is 2.05 bits per heavy atom. The smallest absolute Gasteiger partial charge is 0.126 e. The van der Waals surface area contributed by atoms with Crippen LogP contribution in [-0.4, -0.2) is 22.9 Å². The fourth-order valence-electron chi connectivity index (χ4n) is 2.69. The van der Waals surface area contributed by atoms with Crippen LogP contribution >= 0.6 is 0 Å². The second-order valence-electron chi connectivity index (χ2n) is 5.57. The normalized spacial score (nSPS) is 12.6. The lowest BCUT2D eigenvalue weighted by Gasteiger charge is -2.18. The average molecular weight is 289 g/mol. The summed E-state index contributed by atoms with van der Waals surface area (Å²) in [6.07, 6.45) is 1.64. The maximum absolute atomic E-state index is 13.9. The van der Waals surface area contributed by atoms with Crippen molar-refractivity contribution in [2.45, 2.75) is 26.7 Å². The van der Waals surface area contributed by atoms with Crippen LogP contribution in [0, 0.1) is 18.7 Å². The summed E-state index contributed by atoms with van der Waals surface area (Å²) in [4.78, 5) is 0. The van der Waals surface area contributed by atoms with Gasteiger partial charge in [0.15, 0.2) is 0 Å². The van der Waals surface area contributed by atoms with Gasteiger partial charge in [-0.2, -0.15) is 5.10 Å². The molecular formula is C17H24FN3. The van der Waals surface area contributed by atoms with Crippen LogP contribution in [0.4, 0.5) is 4.39 Å². The molecule has 114 valence electrons. The molecule has 1 unspecified atom stereocenters. The summed E-state index contributed by atoms with van der Waals surface area (Å²) in [6.45, 7) is 5.90. The lowest BCUT2D eigenvalue weighted by atomic mass is 9.94. The van der Waals surface area contributed by atoms with Crippen molar-refractivity contribution in [1.82, 2.24) is 15.1 Å². The van der Waals surface area contributed by atoms with E-state index in [4.69, 9.17) is 0 Å². The molecular weight excluding hydrogens is 265 g/mol. The van der Waals surface area contributed by atoms with Crippen molar-refractivity contribution in [1.29, 1.82) is 0 Å². The molecule has 4 heteroatoms. The van der Waals surface area contributed by atoms with E-state index >= 15 is 0 Å². The van der Waals surface area contributed by atoms with Crippen LogP contribution in [0.15, 0.2) is 30.3 Å². The van der Waals surface area contributed by atoms with E-state index in [2.05, 4.69) is 23.4 Å².